The summed E-state index contributed by atoms with van der Waals surface area (Å²) in [5.41, 5.74) is 3.49. The SMILES string of the molecule is O=C1CCc2c1cccc2C(=O)N1CCC(Cc2ccccn2)C1. The molecule has 4 nitrogen and oxygen atoms in total. The van der Waals surface area contributed by atoms with E-state index in [9.17, 15) is 9.59 Å². The van der Waals surface area contributed by atoms with E-state index < -0.39 is 0 Å². The van der Waals surface area contributed by atoms with Gasteiger partial charge in [0.2, 0.25) is 0 Å². The van der Waals surface area contributed by atoms with Gasteiger partial charge in [0.15, 0.2) is 5.78 Å². The molecule has 0 saturated carbocycles. The summed E-state index contributed by atoms with van der Waals surface area (Å²) in [5, 5.41) is 0. The second-order valence-corrected chi connectivity index (χ2v) is 6.69. The second-order valence-electron chi connectivity index (χ2n) is 6.69. The van der Waals surface area contributed by atoms with Gasteiger partial charge < -0.3 is 4.90 Å². The molecule has 1 saturated heterocycles. The molecule has 1 aliphatic carbocycles. The van der Waals surface area contributed by atoms with Crippen LogP contribution >= 0.6 is 0 Å². The van der Waals surface area contributed by atoms with Crippen LogP contribution in [0.4, 0.5) is 0 Å². The van der Waals surface area contributed by atoms with Crippen LogP contribution in [0.15, 0.2) is 42.6 Å². The molecule has 4 rings (SSSR count). The van der Waals surface area contributed by atoms with Crippen LogP contribution in [0.25, 0.3) is 0 Å². The van der Waals surface area contributed by atoms with Crippen LogP contribution in [0.1, 0.15) is 44.8 Å². The first kappa shape index (κ1) is 15.1. The maximum Gasteiger partial charge on any atom is 0.254 e. The van der Waals surface area contributed by atoms with Crippen molar-refractivity contribution in [3.8, 4) is 0 Å². The Kier molecular flexibility index (Phi) is 3.89. The van der Waals surface area contributed by atoms with Gasteiger partial charge in [0.1, 0.15) is 0 Å². The first-order valence-electron chi connectivity index (χ1n) is 8.56. The first-order chi connectivity index (χ1) is 11.7. The average Bonchev–Trinajstić information content (AvgIpc) is 3.22. The van der Waals surface area contributed by atoms with Gasteiger partial charge in [-0.1, -0.05) is 18.2 Å². The van der Waals surface area contributed by atoms with E-state index in [1.165, 1.54) is 0 Å². The largest absolute Gasteiger partial charge is 0.338 e. The fraction of sp³-hybridized carbons (Fsp3) is 0.350. The summed E-state index contributed by atoms with van der Waals surface area (Å²) in [6, 6.07) is 11.5. The normalized spacial score (nSPS) is 19.6. The highest BCUT2D eigenvalue weighted by atomic mass is 16.2. The number of Topliss-reactive ketones (excluding diaryl/α,β-unsaturated/α-hetero) is 1. The molecule has 1 unspecified atom stereocenters. The Hall–Kier alpha value is -2.49. The maximum absolute atomic E-state index is 12.9. The van der Waals surface area contributed by atoms with Crippen LogP contribution in [0.2, 0.25) is 0 Å². The van der Waals surface area contributed by atoms with Gasteiger partial charge in [0.25, 0.3) is 5.91 Å². The second kappa shape index (κ2) is 6.19. The molecular weight excluding hydrogens is 300 g/mol. The van der Waals surface area contributed by atoms with Crippen molar-refractivity contribution in [1.82, 2.24) is 9.88 Å². The number of pyridine rings is 1. The minimum absolute atomic E-state index is 0.0741. The third-order valence-corrected chi connectivity index (χ3v) is 5.11. The van der Waals surface area contributed by atoms with Crippen molar-refractivity contribution in [2.75, 3.05) is 13.1 Å². The van der Waals surface area contributed by atoms with E-state index in [0.717, 1.165) is 48.3 Å². The van der Waals surface area contributed by atoms with E-state index in [2.05, 4.69) is 4.98 Å². The summed E-state index contributed by atoms with van der Waals surface area (Å²) in [5.74, 6) is 0.696. The number of hydrogen-bond donors (Lipinski definition) is 0. The van der Waals surface area contributed by atoms with Crippen molar-refractivity contribution in [2.24, 2.45) is 5.92 Å². The molecule has 2 aliphatic rings. The number of ketones is 1. The Labute approximate surface area is 141 Å². The molecule has 1 fully saturated rings. The molecule has 0 N–H and O–H groups in total. The van der Waals surface area contributed by atoms with Gasteiger partial charge in [-0.05, 0) is 48.9 Å². The number of likely N-dealkylation sites (tertiary alicyclic amines) is 1. The molecule has 1 amide bonds. The molecule has 1 aliphatic heterocycles. The lowest BCUT2D eigenvalue weighted by Gasteiger charge is -2.18. The molecule has 0 spiro atoms. The monoisotopic (exact) mass is 320 g/mol. The first-order valence-corrected chi connectivity index (χ1v) is 8.56. The summed E-state index contributed by atoms with van der Waals surface area (Å²) < 4.78 is 0. The van der Waals surface area contributed by atoms with Crippen LogP contribution in [0.3, 0.4) is 0 Å². The molecule has 1 aromatic carbocycles. The van der Waals surface area contributed by atoms with E-state index in [1.807, 2.05) is 47.5 Å². The van der Waals surface area contributed by atoms with E-state index in [1.54, 1.807) is 0 Å². The molecule has 2 aromatic rings. The van der Waals surface area contributed by atoms with Crippen LogP contribution in [0, 0.1) is 5.92 Å². The van der Waals surface area contributed by atoms with Crippen molar-refractivity contribution in [3.05, 3.63) is 65.0 Å². The summed E-state index contributed by atoms with van der Waals surface area (Å²) >= 11 is 0. The van der Waals surface area contributed by atoms with Gasteiger partial charge in [-0.2, -0.15) is 0 Å². The number of nitrogens with zero attached hydrogens (tertiary/aromatic N) is 2. The fourth-order valence-corrected chi connectivity index (χ4v) is 3.86. The molecule has 24 heavy (non-hydrogen) atoms. The van der Waals surface area contributed by atoms with Gasteiger partial charge >= 0.3 is 0 Å². The van der Waals surface area contributed by atoms with Crippen molar-refractivity contribution in [2.45, 2.75) is 25.7 Å². The highest BCUT2D eigenvalue weighted by Crippen LogP contribution is 2.28. The Morgan fingerprint density at radius 1 is 1.17 bits per heavy atom. The van der Waals surface area contributed by atoms with Crippen LogP contribution in [-0.4, -0.2) is 34.7 Å². The number of rotatable bonds is 3. The van der Waals surface area contributed by atoms with Crippen LogP contribution < -0.4 is 0 Å². The lowest BCUT2D eigenvalue weighted by molar-refractivity contribution is 0.0786. The lowest BCUT2D eigenvalue weighted by atomic mass is 10.0. The summed E-state index contributed by atoms with van der Waals surface area (Å²) in [4.78, 5) is 31.1. The maximum atomic E-state index is 12.9. The molecular formula is C20H20N2O2. The molecule has 1 atom stereocenters. The average molecular weight is 320 g/mol. The molecule has 122 valence electrons. The van der Waals surface area contributed by atoms with Crippen molar-refractivity contribution in [3.63, 3.8) is 0 Å². The Morgan fingerprint density at radius 3 is 2.92 bits per heavy atom. The standard InChI is InChI=1S/C20H20N2O2/c23-19-8-7-16-17(19)5-3-6-18(16)20(24)22-11-9-14(13-22)12-15-4-1-2-10-21-15/h1-6,10,14H,7-9,11-13H2. The number of fused-ring (bicyclic) bond motifs is 1. The molecule has 1 aromatic heterocycles. The number of carbonyl (C=O) groups is 2. The summed E-state index contributed by atoms with van der Waals surface area (Å²) in [7, 11) is 0. The molecule has 0 bridgehead atoms. The van der Waals surface area contributed by atoms with Gasteiger partial charge in [0, 0.05) is 42.5 Å². The van der Waals surface area contributed by atoms with Gasteiger partial charge in [-0.15, -0.1) is 0 Å². The molecule has 4 heteroatoms. The number of benzene rings is 1. The quantitative estimate of drug-likeness (QED) is 0.874. The van der Waals surface area contributed by atoms with Gasteiger partial charge in [0.05, 0.1) is 0 Å². The topological polar surface area (TPSA) is 50.3 Å². The minimum Gasteiger partial charge on any atom is -0.338 e. The zero-order chi connectivity index (χ0) is 16.5. The van der Waals surface area contributed by atoms with Gasteiger partial charge in [-0.25, -0.2) is 0 Å². The molecule has 0 radical (unpaired) electrons. The van der Waals surface area contributed by atoms with E-state index in [0.29, 0.717) is 18.8 Å². The summed E-state index contributed by atoms with van der Waals surface area (Å²) in [6.45, 7) is 1.56. The zero-order valence-electron chi connectivity index (χ0n) is 13.6. The highest BCUT2D eigenvalue weighted by molar-refractivity contribution is 6.05. The van der Waals surface area contributed by atoms with Crippen molar-refractivity contribution in [1.29, 1.82) is 0 Å². The van der Waals surface area contributed by atoms with E-state index in [4.69, 9.17) is 0 Å². The smallest absolute Gasteiger partial charge is 0.254 e. The van der Waals surface area contributed by atoms with Crippen molar-refractivity contribution < 1.29 is 9.59 Å². The fourth-order valence-electron chi connectivity index (χ4n) is 3.86. The van der Waals surface area contributed by atoms with E-state index in [-0.39, 0.29) is 11.7 Å². The number of amides is 1. The Balaban J connectivity index is 1.48. The number of carbonyl (C=O) groups excluding carboxylic acids is 2. The summed E-state index contributed by atoms with van der Waals surface area (Å²) in [6.07, 6.45) is 4.97. The van der Waals surface area contributed by atoms with Crippen LogP contribution in [0.5, 0.6) is 0 Å². The third kappa shape index (κ3) is 2.73. The zero-order valence-corrected chi connectivity index (χ0v) is 13.6. The van der Waals surface area contributed by atoms with E-state index >= 15 is 0 Å². The number of hydrogen-bond acceptors (Lipinski definition) is 3. The lowest BCUT2D eigenvalue weighted by Crippen LogP contribution is -2.29. The Morgan fingerprint density at radius 2 is 2.08 bits per heavy atom. The van der Waals surface area contributed by atoms with Crippen LogP contribution in [-0.2, 0) is 12.8 Å². The molecule has 2 heterocycles. The van der Waals surface area contributed by atoms with Gasteiger partial charge in [-0.3, -0.25) is 14.6 Å². The predicted octanol–water partition coefficient (Wildman–Crippen LogP) is 2.92. The third-order valence-electron chi connectivity index (χ3n) is 5.11. The minimum atomic E-state index is 0.0741. The highest BCUT2D eigenvalue weighted by Gasteiger charge is 2.31. The predicted molar refractivity (Wildman–Crippen MR) is 91.0 cm³/mol. The van der Waals surface area contributed by atoms with Crippen molar-refractivity contribution >= 4 is 11.7 Å². The Bertz CT molecular complexity index is 785. The number of aromatic nitrogens is 1.